The van der Waals surface area contributed by atoms with Crippen molar-refractivity contribution in [3.05, 3.63) is 33.5 Å². The molecule has 2 rings (SSSR count). The molecule has 2 heterocycles. The standard InChI is InChI=1S/C10H12IN5/c1-7-3-9(12-2)15-10(14-7)6-16-5-8(11)4-13-16/h3-5H,6H2,1-2H3,(H,12,14,15). The summed E-state index contributed by atoms with van der Waals surface area (Å²) in [6, 6.07) is 1.91. The van der Waals surface area contributed by atoms with E-state index in [1.54, 1.807) is 0 Å². The molecule has 0 aliphatic carbocycles. The number of anilines is 1. The molecule has 0 aliphatic rings. The summed E-state index contributed by atoms with van der Waals surface area (Å²) in [5.41, 5.74) is 0.955. The lowest BCUT2D eigenvalue weighted by Gasteiger charge is -2.05. The lowest BCUT2D eigenvalue weighted by Crippen LogP contribution is -2.07. The van der Waals surface area contributed by atoms with Gasteiger partial charge in [0, 0.05) is 25.0 Å². The van der Waals surface area contributed by atoms with Crippen molar-refractivity contribution in [1.29, 1.82) is 0 Å². The predicted molar refractivity (Wildman–Crippen MR) is 70.4 cm³/mol. The lowest BCUT2D eigenvalue weighted by molar-refractivity contribution is 0.653. The summed E-state index contributed by atoms with van der Waals surface area (Å²) in [4.78, 5) is 8.74. The average molecular weight is 329 g/mol. The SMILES string of the molecule is CNc1cc(C)nc(Cn2cc(I)cn2)n1. The number of aromatic nitrogens is 4. The Bertz CT molecular complexity index is 494. The number of nitrogens with one attached hydrogen (secondary N) is 1. The van der Waals surface area contributed by atoms with E-state index in [0.717, 1.165) is 20.9 Å². The van der Waals surface area contributed by atoms with Crippen molar-refractivity contribution in [2.75, 3.05) is 12.4 Å². The fourth-order valence-electron chi connectivity index (χ4n) is 1.40. The molecule has 0 amide bonds. The van der Waals surface area contributed by atoms with Gasteiger partial charge in [-0.2, -0.15) is 5.10 Å². The van der Waals surface area contributed by atoms with Crippen LogP contribution in [-0.4, -0.2) is 26.8 Å². The highest BCUT2D eigenvalue weighted by Crippen LogP contribution is 2.07. The molecule has 6 heteroatoms. The molecule has 0 aromatic carbocycles. The highest BCUT2D eigenvalue weighted by molar-refractivity contribution is 14.1. The summed E-state index contributed by atoms with van der Waals surface area (Å²) in [5, 5.41) is 7.22. The molecule has 0 unspecified atom stereocenters. The van der Waals surface area contributed by atoms with Gasteiger partial charge in [0.25, 0.3) is 0 Å². The molecule has 0 fully saturated rings. The largest absolute Gasteiger partial charge is 0.373 e. The van der Waals surface area contributed by atoms with E-state index in [1.807, 2.05) is 37.1 Å². The van der Waals surface area contributed by atoms with Gasteiger partial charge >= 0.3 is 0 Å². The minimum atomic E-state index is 0.597. The van der Waals surface area contributed by atoms with E-state index in [-0.39, 0.29) is 0 Å². The summed E-state index contributed by atoms with van der Waals surface area (Å²) in [6.45, 7) is 2.55. The van der Waals surface area contributed by atoms with Crippen LogP contribution >= 0.6 is 22.6 Å². The van der Waals surface area contributed by atoms with Gasteiger partial charge in [0.05, 0.1) is 9.77 Å². The Balaban J connectivity index is 2.24. The van der Waals surface area contributed by atoms with Crippen molar-refractivity contribution in [1.82, 2.24) is 19.7 Å². The van der Waals surface area contributed by atoms with Crippen LogP contribution in [0.15, 0.2) is 18.5 Å². The number of rotatable bonds is 3. The Labute approximate surface area is 107 Å². The molecular weight excluding hydrogens is 317 g/mol. The van der Waals surface area contributed by atoms with E-state index < -0.39 is 0 Å². The molecule has 16 heavy (non-hydrogen) atoms. The maximum Gasteiger partial charge on any atom is 0.152 e. The minimum Gasteiger partial charge on any atom is -0.373 e. The molecule has 2 aromatic rings. The molecule has 84 valence electrons. The van der Waals surface area contributed by atoms with E-state index in [0.29, 0.717) is 6.54 Å². The zero-order valence-corrected chi connectivity index (χ0v) is 11.3. The van der Waals surface area contributed by atoms with Crippen molar-refractivity contribution in [3.63, 3.8) is 0 Å². The van der Waals surface area contributed by atoms with E-state index >= 15 is 0 Å². The van der Waals surface area contributed by atoms with Crippen LogP contribution in [0.2, 0.25) is 0 Å². The average Bonchev–Trinajstić information content (AvgIpc) is 2.63. The minimum absolute atomic E-state index is 0.597. The third-order valence-corrected chi connectivity index (χ3v) is 2.62. The molecule has 0 radical (unpaired) electrons. The predicted octanol–water partition coefficient (Wildman–Crippen LogP) is 1.68. The molecule has 0 saturated heterocycles. The monoisotopic (exact) mass is 329 g/mol. The van der Waals surface area contributed by atoms with Crippen molar-refractivity contribution in [3.8, 4) is 0 Å². The van der Waals surface area contributed by atoms with Crippen LogP contribution in [0.5, 0.6) is 0 Å². The first kappa shape index (κ1) is 11.3. The summed E-state index contributed by atoms with van der Waals surface area (Å²) in [7, 11) is 1.85. The van der Waals surface area contributed by atoms with Gasteiger partial charge in [0.15, 0.2) is 5.82 Å². The van der Waals surface area contributed by atoms with Crippen molar-refractivity contribution in [2.45, 2.75) is 13.5 Å². The highest BCUT2D eigenvalue weighted by atomic mass is 127. The van der Waals surface area contributed by atoms with Gasteiger partial charge in [0.1, 0.15) is 12.4 Å². The quantitative estimate of drug-likeness (QED) is 0.871. The van der Waals surface area contributed by atoms with Crippen LogP contribution in [0, 0.1) is 10.5 Å². The lowest BCUT2D eigenvalue weighted by atomic mass is 10.4. The van der Waals surface area contributed by atoms with Crippen molar-refractivity contribution in [2.24, 2.45) is 0 Å². The Morgan fingerprint density at radius 1 is 1.44 bits per heavy atom. The van der Waals surface area contributed by atoms with E-state index in [4.69, 9.17) is 0 Å². The van der Waals surface area contributed by atoms with Gasteiger partial charge in [-0.15, -0.1) is 0 Å². The molecule has 2 aromatic heterocycles. The van der Waals surface area contributed by atoms with Crippen LogP contribution in [-0.2, 0) is 6.54 Å². The summed E-state index contributed by atoms with van der Waals surface area (Å²) in [6.07, 6.45) is 3.78. The second-order valence-electron chi connectivity index (χ2n) is 3.42. The third kappa shape index (κ3) is 2.69. The topological polar surface area (TPSA) is 55.6 Å². The molecular formula is C10H12IN5. The molecule has 0 spiro atoms. The van der Waals surface area contributed by atoms with Gasteiger partial charge < -0.3 is 5.32 Å². The Hall–Kier alpha value is -1.18. The first-order valence-corrected chi connectivity index (χ1v) is 5.95. The molecule has 0 aliphatic heterocycles. The highest BCUT2D eigenvalue weighted by Gasteiger charge is 2.03. The molecule has 0 atom stereocenters. The van der Waals surface area contributed by atoms with Crippen LogP contribution in [0.25, 0.3) is 0 Å². The van der Waals surface area contributed by atoms with Gasteiger partial charge in [-0.1, -0.05) is 0 Å². The van der Waals surface area contributed by atoms with Gasteiger partial charge in [-0.25, -0.2) is 9.97 Å². The van der Waals surface area contributed by atoms with Gasteiger partial charge in [0.2, 0.25) is 0 Å². The number of aryl methyl sites for hydroxylation is 1. The summed E-state index contributed by atoms with van der Waals surface area (Å²) >= 11 is 2.23. The number of halogens is 1. The smallest absolute Gasteiger partial charge is 0.152 e. The number of nitrogens with zero attached hydrogens (tertiary/aromatic N) is 4. The first-order valence-electron chi connectivity index (χ1n) is 4.87. The molecule has 5 nitrogen and oxygen atoms in total. The fourth-order valence-corrected chi connectivity index (χ4v) is 1.84. The number of hydrogen-bond acceptors (Lipinski definition) is 4. The Morgan fingerprint density at radius 3 is 2.88 bits per heavy atom. The number of hydrogen-bond donors (Lipinski definition) is 1. The van der Waals surface area contributed by atoms with E-state index in [9.17, 15) is 0 Å². The zero-order valence-electron chi connectivity index (χ0n) is 9.11. The van der Waals surface area contributed by atoms with Crippen molar-refractivity contribution >= 4 is 28.4 Å². The van der Waals surface area contributed by atoms with Crippen LogP contribution in [0.4, 0.5) is 5.82 Å². The second kappa shape index (κ2) is 4.77. The van der Waals surface area contributed by atoms with E-state index in [2.05, 4.69) is 43.0 Å². The summed E-state index contributed by atoms with van der Waals surface area (Å²) < 4.78 is 2.94. The van der Waals surface area contributed by atoms with E-state index in [1.165, 1.54) is 0 Å². The maximum atomic E-state index is 4.37. The third-order valence-electron chi connectivity index (χ3n) is 2.06. The first-order chi connectivity index (χ1) is 7.67. The van der Waals surface area contributed by atoms with Crippen LogP contribution < -0.4 is 5.32 Å². The molecule has 0 bridgehead atoms. The van der Waals surface area contributed by atoms with Gasteiger partial charge in [-0.3, -0.25) is 4.68 Å². The van der Waals surface area contributed by atoms with Crippen LogP contribution in [0.3, 0.4) is 0 Å². The fraction of sp³-hybridized carbons (Fsp3) is 0.300. The van der Waals surface area contributed by atoms with Crippen LogP contribution in [0.1, 0.15) is 11.5 Å². The maximum absolute atomic E-state index is 4.37. The second-order valence-corrected chi connectivity index (χ2v) is 4.66. The normalized spacial score (nSPS) is 10.4. The molecule has 0 saturated carbocycles. The Morgan fingerprint density at radius 2 is 2.25 bits per heavy atom. The molecule has 1 N–H and O–H groups in total. The van der Waals surface area contributed by atoms with Gasteiger partial charge in [-0.05, 0) is 29.5 Å². The zero-order chi connectivity index (χ0) is 11.5. The van der Waals surface area contributed by atoms with Crippen molar-refractivity contribution < 1.29 is 0 Å². The summed E-state index contributed by atoms with van der Waals surface area (Å²) in [5.74, 6) is 1.60. The Kier molecular flexibility index (Phi) is 3.37.